The van der Waals surface area contributed by atoms with E-state index in [0.29, 0.717) is 17.1 Å². The molecular weight excluding hydrogens is 306 g/mol. The maximum Gasteiger partial charge on any atom is 0.162 e. The van der Waals surface area contributed by atoms with Crippen LogP contribution in [0.25, 0.3) is 5.69 Å². The van der Waals surface area contributed by atoms with Crippen LogP contribution in [0.4, 0.5) is 5.00 Å². The molecule has 2 heterocycles. The molecule has 0 radical (unpaired) electrons. The summed E-state index contributed by atoms with van der Waals surface area (Å²) < 4.78 is 5.78. The normalized spacial score (nSPS) is 10.3. The van der Waals surface area contributed by atoms with Gasteiger partial charge in [0, 0.05) is 18.9 Å². The second-order valence-electron chi connectivity index (χ2n) is 4.22. The first-order valence-electron chi connectivity index (χ1n) is 6.16. The predicted molar refractivity (Wildman–Crippen MR) is 82.7 cm³/mol. The highest BCUT2D eigenvalue weighted by molar-refractivity contribution is 7.10. The lowest BCUT2D eigenvalue weighted by molar-refractivity contribution is 0.864. The third-order valence-electron chi connectivity index (χ3n) is 2.94. The Balaban J connectivity index is 1.85. The first-order valence-corrected chi connectivity index (χ1v) is 7.32. The van der Waals surface area contributed by atoms with E-state index in [2.05, 4.69) is 20.9 Å². The van der Waals surface area contributed by atoms with Crippen LogP contribution in [-0.2, 0) is 6.54 Å². The molecule has 0 fully saturated rings. The molecule has 0 aliphatic rings. The zero-order valence-corrected chi connectivity index (χ0v) is 12.4. The van der Waals surface area contributed by atoms with Crippen molar-refractivity contribution in [1.29, 1.82) is 5.26 Å². The fourth-order valence-corrected chi connectivity index (χ4v) is 2.89. The van der Waals surface area contributed by atoms with E-state index in [1.807, 2.05) is 41.2 Å². The van der Waals surface area contributed by atoms with Crippen LogP contribution in [-0.4, -0.2) is 14.2 Å². The molecule has 21 heavy (non-hydrogen) atoms. The molecule has 2 aromatic heterocycles. The van der Waals surface area contributed by atoms with Crippen molar-refractivity contribution < 1.29 is 0 Å². The monoisotopic (exact) mass is 315 g/mol. The molecule has 0 saturated carbocycles. The fourth-order valence-electron chi connectivity index (χ4n) is 1.96. The third kappa shape index (κ3) is 2.75. The van der Waals surface area contributed by atoms with E-state index < -0.39 is 0 Å². The summed E-state index contributed by atoms with van der Waals surface area (Å²) in [6, 6.07) is 11.9. The van der Waals surface area contributed by atoms with Crippen LogP contribution < -0.4 is 5.32 Å². The molecule has 0 bridgehead atoms. The number of para-hydroxylation sites is 1. The first kappa shape index (κ1) is 13.6. The predicted octanol–water partition coefficient (Wildman–Crippen LogP) is 3.47. The number of anilines is 1. The van der Waals surface area contributed by atoms with Crippen LogP contribution in [0.2, 0.25) is 5.15 Å². The fraction of sp³-hybridized carbons (Fsp3) is 0.0714. The maximum atomic E-state index is 9.07. The number of hydrogen-bond acceptors (Lipinski definition) is 5. The van der Waals surface area contributed by atoms with Crippen molar-refractivity contribution in [2.24, 2.45) is 0 Å². The number of rotatable bonds is 4. The quantitative estimate of drug-likeness (QED) is 0.800. The van der Waals surface area contributed by atoms with Gasteiger partial charge in [0.2, 0.25) is 0 Å². The van der Waals surface area contributed by atoms with Gasteiger partial charge in [-0.25, -0.2) is 4.68 Å². The topological polar surface area (TPSA) is 66.5 Å². The van der Waals surface area contributed by atoms with Crippen LogP contribution >= 0.6 is 23.1 Å². The van der Waals surface area contributed by atoms with Gasteiger partial charge >= 0.3 is 0 Å². The van der Waals surface area contributed by atoms with Gasteiger partial charge in [-0.1, -0.05) is 29.8 Å². The van der Waals surface area contributed by atoms with E-state index >= 15 is 0 Å². The van der Waals surface area contributed by atoms with Gasteiger partial charge in [-0.3, -0.25) is 0 Å². The summed E-state index contributed by atoms with van der Waals surface area (Å²) in [5, 5.41) is 17.4. The summed E-state index contributed by atoms with van der Waals surface area (Å²) in [6.45, 7) is 0.559. The zero-order chi connectivity index (χ0) is 14.7. The summed E-state index contributed by atoms with van der Waals surface area (Å²) in [6.07, 6.45) is 3.63. The van der Waals surface area contributed by atoms with Crippen molar-refractivity contribution in [3.63, 3.8) is 0 Å². The average Bonchev–Trinajstić information content (AvgIpc) is 3.15. The van der Waals surface area contributed by atoms with Crippen LogP contribution in [0.3, 0.4) is 0 Å². The molecule has 0 atom stereocenters. The first-order chi connectivity index (χ1) is 10.3. The van der Waals surface area contributed by atoms with E-state index in [0.717, 1.165) is 11.3 Å². The Morgan fingerprint density at radius 3 is 2.95 bits per heavy atom. The Kier molecular flexibility index (Phi) is 3.86. The van der Waals surface area contributed by atoms with E-state index in [9.17, 15) is 0 Å². The Labute approximate surface area is 130 Å². The third-order valence-corrected chi connectivity index (χ3v) is 4.12. The molecule has 0 amide bonds. The molecule has 0 saturated heterocycles. The highest BCUT2D eigenvalue weighted by atomic mass is 35.5. The molecular formula is C14H10ClN5S. The summed E-state index contributed by atoms with van der Waals surface area (Å²) in [4.78, 5) is 0. The van der Waals surface area contributed by atoms with Crippen molar-refractivity contribution in [3.8, 4) is 11.8 Å². The number of nitrogens with zero attached hydrogens (tertiary/aromatic N) is 4. The average molecular weight is 316 g/mol. The highest BCUT2D eigenvalue weighted by Crippen LogP contribution is 2.28. The number of nitriles is 1. The minimum Gasteiger partial charge on any atom is -0.370 e. The maximum absolute atomic E-state index is 9.07. The Morgan fingerprint density at radius 2 is 2.19 bits per heavy atom. The Hall–Kier alpha value is -2.36. The summed E-state index contributed by atoms with van der Waals surface area (Å²) in [7, 11) is 0. The number of benzene rings is 1. The molecule has 1 aromatic carbocycles. The molecule has 7 heteroatoms. The lowest BCUT2D eigenvalue weighted by Gasteiger charge is -2.10. The van der Waals surface area contributed by atoms with Gasteiger partial charge in [-0.2, -0.15) is 14.7 Å². The molecule has 104 valence electrons. The van der Waals surface area contributed by atoms with Crippen molar-refractivity contribution in [2.45, 2.75) is 6.54 Å². The SMILES string of the molecule is N#Cc1c(Cl)nsc1NCc1ccccc1-n1cccn1. The standard InChI is InChI=1S/C14H10ClN5S/c15-13-11(8-16)14(21-19-13)17-9-10-4-1-2-5-12(10)20-7-3-6-18-20/h1-7,17H,9H2. The highest BCUT2D eigenvalue weighted by Gasteiger charge is 2.12. The van der Waals surface area contributed by atoms with Crippen LogP contribution in [0, 0.1) is 11.3 Å². The minimum atomic E-state index is 0.241. The summed E-state index contributed by atoms with van der Waals surface area (Å²) in [5.41, 5.74) is 2.44. The number of aromatic nitrogens is 3. The lowest BCUT2D eigenvalue weighted by atomic mass is 10.2. The van der Waals surface area contributed by atoms with Crippen molar-refractivity contribution in [2.75, 3.05) is 5.32 Å². The lowest BCUT2D eigenvalue weighted by Crippen LogP contribution is -2.05. The zero-order valence-electron chi connectivity index (χ0n) is 10.8. The smallest absolute Gasteiger partial charge is 0.162 e. The van der Waals surface area contributed by atoms with Gasteiger partial charge in [0.25, 0.3) is 0 Å². The van der Waals surface area contributed by atoms with Crippen molar-refractivity contribution in [1.82, 2.24) is 14.2 Å². The van der Waals surface area contributed by atoms with Gasteiger partial charge in [-0.15, -0.1) is 0 Å². The van der Waals surface area contributed by atoms with E-state index in [1.54, 1.807) is 6.20 Å². The van der Waals surface area contributed by atoms with Gasteiger partial charge in [0.1, 0.15) is 16.6 Å². The second-order valence-corrected chi connectivity index (χ2v) is 5.35. The number of nitrogens with one attached hydrogen (secondary N) is 1. The minimum absolute atomic E-state index is 0.241. The van der Waals surface area contributed by atoms with E-state index in [-0.39, 0.29) is 5.15 Å². The van der Waals surface area contributed by atoms with Crippen LogP contribution in [0.1, 0.15) is 11.1 Å². The molecule has 3 aromatic rings. The summed E-state index contributed by atoms with van der Waals surface area (Å²) in [5.74, 6) is 0. The Morgan fingerprint density at radius 1 is 1.33 bits per heavy atom. The van der Waals surface area contributed by atoms with Crippen LogP contribution in [0.15, 0.2) is 42.7 Å². The van der Waals surface area contributed by atoms with Gasteiger partial charge < -0.3 is 5.32 Å². The second kappa shape index (κ2) is 5.95. The van der Waals surface area contributed by atoms with E-state index in [1.165, 1.54) is 11.5 Å². The Bertz CT molecular complexity index is 788. The molecule has 0 aliphatic heterocycles. The summed E-state index contributed by atoms with van der Waals surface area (Å²) >= 11 is 7.05. The largest absolute Gasteiger partial charge is 0.370 e. The molecule has 0 spiro atoms. The molecule has 0 aliphatic carbocycles. The van der Waals surface area contributed by atoms with Gasteiger partial charge in [0.05, 0.1) is 5.69 Å². The van der Waals surface area contributed by atoms with Crippen LogP contribution in [0.5, 0.6) is 0 Å². The van der Waals surface area contributed by atoms with Gasteiger partial charge in [-0.05, 0) is 29.2 Å². The molecule has 5 nitrogen and oxygen atoms in total. The molecule has 1 N–H and O–H groups in total. The molecule has 3 rings (SSSR count). The van der Waals surface area contributed by atoms with E-state index in [4.69, 9.17) is 16.9 Å². The number of halogens is 1. The van der Waals surface area contributed by atoms with Crippen molar-refractivity contribution >= 4 is 28.1 Å². The number of hydrogen-bond donors (Lipinski definition) is 1. The molecule has 0 unspecified atom stereocenters. The van der Waals surface area contributed by atoms with Crippen molar-refractivity contribution in [3.05, 3.63) is 59.0 Å². The van der Waals surface area contributed by atoms with Gasteiger partial charge in [0.15, 0.2) is 5.15 Å².